The summed E-state index contributed by atoms with van der Waals surface area (Å²) in [7, 11) is 0.943. The molecule has 32 heavy (non-hydrogen) atoms. The van der Waals surface area contributed by atoms with E-state index in [4.69, 9.17) is 14.2 Å². The molecule has 0 aliphatic rings. The molecule has 0 aliphatic heterocycles. The molecule has 0 N–H and O–H groups in total. The van der Waals surface area contributed by atoms with E-state index < -0.39 is 10.0 Å². The maximum absolute atomic E-state index is 13.5. The molecule has 0 fully saturated rings. The van der Waals surface area contributed by atoms with Crippen molar-refractivity contribution in [2.45, 2.75) is 37.7 Å². The van der Waals surface area contributed by atoms with Crippen LogP contribution in [0, 0.1) is 0 Å². The minimum atomic E-state index is -3.85. The average molecular weight is 460 g/mol. The Balaban J connectivity index is 1.90. The largest absolute Gasteiger partial charge is 0.497 e. The van der Waals surface area contributed by atoms with Crippen LogP contribution in [0.5, 0.6) is 11.5 Å². The molecule has 0 amide bonds. The molecular weight excluding hydrogens is 430 g/mol. The topological polar surface area (TPSA) is 82.9 Å². The number of rotatable bonds is 11. The molecule has 2 aromatic carbocycles. The molecule has 1 heterocycles. The van der Waals surface area contributed by atoms with Crippen LogP contribution >= 0.6 is 0 Å². The summed E-state index contributed by atoms with van der Waals surface area (Å²) >= 11 is 0. The molecule has 3 aromatic rings. The third-order valence-corrected chi connectivity index (χ3v) is 6.79. The Bertz CT molecular complexity index is 1050. The molecule has 172 valence electrons. The number of aromatic nitrogens is 2. The van der Waals surface area contributed by atoms with Crippen molar-refractivity contribution in [3.05, 3.63) is 71.9 Å². The first-order valence-electron chi connectivity index (χ1n) is 10.2. The van der Waals surface area contributed by atoms with Gasteiger partial charge in [-0.1, -0.05) is 24.3 Å². The predicted octanol–water partition coefficient (Wildman–Crippen LogP) is 3.33. The van der Waals surface area contributed by atoms with Crippen LogP contribution in [0.4, 0.5) is 0 Å². The fraction of sp³-hybridized carbons (Fsp3) is 0.348. The van der Waals surface area contributed by atoms with Crippen LogP contribution < -0.4 is 9.47 Å². The standard InChI is InChI=1S/C23H29N3O5S/c1-18(29-2)15-25-14-13-23(24-25)32(27,28)26(16-19-5-9-21(30-3)10-6-19)17-20-7-11-22(31-4)12-8-20/h5-14,18H,15-17H2,1-4H3/t18-/m1/s1. The van der Waals surface area contributed by atoms with Crippen molar-refractivity contribution >= 4 is 10.0 Å². The van der Waals surface area contributed by atoms with Gasteiger partial charge in [0.2, 0.25) is 0 Å². The van der Waals surface area contributed by atoms with E-state index >= 15 is 0 Å². The summed E-state index contributed by atoms with van der Waals surface area (Å²) in [5.74, 6) is 1.42. The number of benzene rings is 2. The molecule has 0 saturated heterocycles. The van der Waals surface area contributed by atoms with E-state index in [-0.39, 0.29) is 24.2 Å². The van der Waals surface area contributed by atoms with Crippen molar-refractivity contribution in [1.82, 2.24) is 14.1 Å². The van der Waals surface area contributed by atoms with Gasteiger partial charge in [-0.15, -0.1) is 0 Å². The second-order valence-electron chi connectivity index (χ2n) is 7.39. The molecule has 0 bridgehead atoms. The zero-order chi connectivity index (χ0) is 23.1. The van der Waals surface area contributed by atoms with Gasteiger partial charge >= 0.3 is 0 Å². The third-order valence-electron chi connectivity index (χ3n) is 5.10. The highest BCUT2D eigenvalue weighted by atomic mass is 32.2. The fourth-order valence-electron chi connectivity index (χ4n) is 3.15. The lowest BCUT2D eigenvalue weighted by atomic mass is 10.2. The number of methoxy groups -OCH3 is 3. The average Bonchev–Trinajstić information content (AvgIpc) is 3.28. The zero-order valence-electron chi connectivity index (χ0n) is 18.8. The van der Waals surface area contributed by atoms with Crippen molar-refractivity contribution in [2.24, 2.45) is 0 Å². The first-order valence-corrected chi connectivity index (χ1v) is 11.6. The smallest absolute Gasteiger partial charge is 0.262 e. The van der Waals surface area contributed by atoms with E-state index in [1.54, 1.807) is 32.2 Å². The van der Waals surface area contributed by atoms with Crippen LogP contribution in [0.2, 0.25) is 0 Å². The van der Waals surface area contributed by atoms with Gasteiger partial charge in [-0.05, 0) is 48.4 Å². The molecule has 8 nitrogen and oxygen atoms in total. The summed E-state index contributed by atoms with van der Waals surface area (Å²) in [5.41, 5.74) is 1.69. The van der Waals surface area contributed by atoms with Crippen LogP contribution in [0.3, 0.4) is 0 Å². The molecule has 1 aromatic heterocycles. The van der Waals surface area contributed by atoms with Gasteiger partial charge in [0.05, 0.1) is 26.9 Å². The van der Waals surface area contributed by atoms with Crippen molar-refractivity contribution < 1.29 is 22.6 Å². The lowest BCUT2D eigenvalue weighted by molar-refractivity contribution is 0.0994. The zero-order valence-corrected chi connectivity index (χ0v) is 19.6. The van der Waals surface area contributed by atoms with E-state index in [2.05, 4.69) is 5.10 Å². The second kappa shape index (κ2) is 10.6. The number of nitrogens with zero attached hydrogens (tertiary/aromatic N) is 3. The maximum Gasteiger partial charge on any atom is 0.262 e. The van der Waals surface area contributed by atoms with Crippen LogP contribution in [0.1, 0.15) is 18.1 Å². The number of ether oxygens (including phenoxy) is 3. The van der Waals surface area contributed by atoms with Gasteiger partial charge in [0, 0.05) is 26.4 Å². The van der Waals surface area contributed by atoms with Crippen molar-refractivity contribution in [3.63, 3.8) is 0 Å². The lowest BCUT2D eigenvalue weighted by Crippen LogP contribution is -2.31. The quantitative estimate of drug-likeness (QED) is 0.437. The SMILES string of the molecule is COc1ccc(CN(Cc2ccc(OC)cc2)S(=O)(=O)c2ccn(C[C@@H](C)OC)n2)cc1. The third kappa shape index (κ3) is 5.87. The highest BCUT2D eigenvalue weighted by Crippen LogP contribution is 2.22. The van der Waals surface area contributed by atoms with E-state index in [9.17, 15) is 8.42 Å². The second-order valence-corrected chi connectivity index (χ2v) is 9.28. The molecule has 1 atom stereocenters. The van der Waals surface area contributed by atoms with Crippen LogP contribution in [0.25, 0.3) is 0 Å². The normalized spacial score (nSPS) is 12.7. The Morgan fingerprint density at radius 3 is 1.81 bits per heavy atom. The molecule has 0 aliphatic carbocycles. The molecule has 3 rings (SSSR count). The van der Waals surface area contributed by atoms with Gasteiger partial charge in [-0.2, -0.15) is 9.40 Å². The monoisotopic (exact) mass is 459 g/mol. The Morgan fingerprint density at radius 1 is 0.875 bits per heavy atom. The summed E-state index contributed by atoms with van der Waals surface area (Å²) in [6.07, 6.45) is 1.57. The lowest BCUT2D eigenvalue weighted by Gasteiger charge is -2.22. The minimum Gasteiger partial charge on any atom is -0.497 e. The van der Waals surface area contributed by atoms with Crippen LogP contribution in [-0.4, -0.2) is 49.9 Å². The van der Waals surface area contributed by atoms with E-state index in [1.165, 1.54) is 10.4 Å². The summed E-state index contributed by atoms with van der Waals surface area (Å²) < 4.78 is 45.7. The first kappa shape index (κ1) is 23.8. The van der Waals surface area contributed by atoms with Gasteiger partial charge in [-0.25, -0.2) is 8.42 Å². The predicted molar refractivity (Wildman–Crippen MR) is 121 cm³/mol. The Kier molecular flexibility index (Phi) is 7.89. The number of hydrogen-bond donors (Lipinski definition) is 0. The maximum atomic E-state index is 13.5. The Labute approximate surface area is 189 Å². The molecule has 0 radical (unpaired) electrons. The molecule has 0 spiro atoms. The highest BCUT2D eigenvalue weighted by molar-refractivity contribution is 7.89. The van der Waals surface area contributed by atoms with Crippen LogP contribution in [-0.2, 0) is 34.4 Å². The first-order chi connectivity index (χ1) is 15.3. The molecule has 0 saturated carbocycles. The van der Waals surface area contributed by atoms with E-state index in [0.29, 0.717) is 18.0 Å². The number of sulfonamides is 1. The molecular formula is C23H29N3O5S. The van der Waals surface area contributed by atoms with E-state index in [1.807, 2.05) is 55.5 Å². The van der Waals surface area contributed by atoms with Crippen LogP contribution in [0.15, 0.2) is 65.8 Å². The summed E-state index contributed by atoms with van der Waals surface area (Å²) in [6.45, 7) is 2.75. The number of hydrogen-bond acceptors (Lipinski definition) is 6. The van der Waals surface area contributed by atoms with Crippen molar-refractivity contribution in [1.29, 1.82) is 0 Å². The summed E-state index contributed by atoms with van der Waals surface area (Å²) in [6, 6.07) is 16.2. The summed E-state index contributed by atoms with van der Waals surface area (Å²) in [5, 5.41) is 4.30. The van der Waals surface area contributed by atoms with Crippen molar-refractivity contribution in [3.8, 4) is 11.5 Å². The molecule has 0 unspecified atom stereocenters. The molecule has 9 heteroatoms. The minimum absolute atomic E-state index is 0.00262. The Hall–Kier alpha value is -2.88. The van der Waals surface area contributed by atoms with Gasteiger partial charge in [0.15, 0.2) is 5.03 Å². The summed E-state index contributed by atoms with van der Waals surface area (Å²) in [4.78, 5) is 0. The van der Waals surface area contributed by atoms with E-state index in [0.717, 1.165) is 11.1 Å². The van der Waals surface area contributed by atoms with Crippen molar-refractivity contribution in [2.75, 3.05) is 21.3 Å². The van der Waals surface area contributed by atoms with Gasteiger partial charge in [-0.3, -0.25) is 4.68 Å². The fourth-order valence-corrected chi connectivity index (χ4v) is 4.49. The van der Waals surface area contributed by atoms with Gasteiger partial charge < -0.3 is 14.2 Å². The van der Waals surface area contributed by atoms with Gasteiger partial charge in [0.1, 0.15) is 11.5 Å². The van der Waals surface area contributed by atoms with Gasteiger partial charge in [0.25, 0.3) is 10.0 Å². The Morgan fingerprint density at radius 2 is 1.38 bits per heavy atom. The highest BCUT2D eigenvalue weighted by Gasteiger charge is 2.27.